The Morgan fingerprint density at radius 2 is 2.06 bits per heavy atom. The molecule has 1 atom stereocenters. The number of nitrogens with zero attached hydrogens (tertiary/aromatic N) is 1. The molecule has 2 nitrogen and oxygen atoms in total. The monoisotopic (exact) mass is 266 g/mol. The molecule has 0 saturated heterocycles. The second-order valence-electron chi connectivity index (χ2n) is 5.35. The van der Waals surface area contributed by atoms with E-state index in [2.05, 4.69) is 26.1 Å². The quantitative estimate of drug-likeness (QED) is 0.805. The van der Waals surface area contributed by atoms with Crippen molar-refractivity contribution in [2.45, 2.75) is 71.3 Å². The van der Waals surface area contributed by atoms with Crippen molar-refractivity contribution >= 4 is 11.3 Å². The largest absolute Gasteiger partial charge is 0.305 e. The highest BCUT2D eigenvalue weighted by atomic mass is 32.1. The Labute approximate surface area is 115 Å². The Kier molecular flexibility index (Phi) is 4.79. The first kappa shape index (κ1) is 14.0. The Balaban J connectivity index is 2.25. The van der Waals surface area contributed by atoms with Gasteiger partial charge in [0, 0.05) is 4.88 Å². The van der Waals surface area contributed by atoms with Gasteiger partial charge in [-0.25, -0.2) is 4.98 Å². The lowest BCUT2D eigenvalue weighted by atomic mass is 9.91. The van der Waals surface area contributed by atoms with Gasteiger partial charge in [-0.1, -0.05) is 27.2 Å². The van der Waals surface area contributed by atoms with Gasteiger partial charge in [-0.3, -0.25) is 0 Å². The molecule has 1 aromatic rings. The van der Waals surface area contributed by atoms with Crippen molar-refractivity contribution in [3.05, 3.63) is 15.6 Å². The van der Waals surface area contributed by atoms with E-state index in [4.69, 9.17) is 4.98 Å². The van der Waals surface area contributed by atoms with Gasteiger partial charge in [-0.2, -0.15) is 0 Å². The van der Waals surface area contributed by atoms with Crippen LogP contribution in [-0.2, 0) is 18.4 Å². The molecule has 3 heteroatoms. The zero-order chi connectivity index (χ0) is 13.0. The Morgan fingerprint density at radius 1 is 1.22 bits per heavy atom. The molecule has 0 aliphatic heterocycles. The van der Waals surface area contributed by atoms with E-state index in [9.17, 15) is 0 Å². The molecule has 0 spiro atoms. The minimum atomic E-state index is 0.139. The summed E-state index contributed by atoms with van der Waals surface area (Å²) in [5.74, 6) is 0. The standard InChI is InChI=1S/C15H26N2S/c1-4-10-15(6-3,16-11-5-2)14-17-12-8-7-9-13(12)18-14/h16H,4-11H2,1-3H3. The van der Waals surface area contributed by atoms with E-state index in [1.807, 2.05) is 11.3 Å². The molecule has 0 aromatic carbocycles. The lowest BCUT2D eigenvalue weighted by Crippen LogP contribution is -2.42. The van der Waals surface area contributed by atoms with Gasteiger partial charge in [0.25, 0.3) is 0 Å². The van der Waals surface area contributed by atoms with Crippen molar-refractivity contribution in [3.63, 3.8) is 0 Å². The number of hydrogen-bond donors (Lipinski definition) is 1. The minimum Gasteiger partial charge on any atom is -0.305 e. The fourth-order valence-electron chi connectivity index (χ4n) is 2.91. The van der Waals surface area contributed by atoms with Crippen LogP contribution in [0.3, 0.4) is 0 Å². The fraction of sp³-hybridized carbons (Fsp3) is 0.800. The van der Waals surface area contributed by atoms with Crippen LogP contribution in [0.5, 0.6) is 0 Å². The summed E-state index contributed by atoms with van der Waals surface area (Å²) in [7, 11) is 0. The average molecular weight is 266 g/mol. The molecular weight excluding hydrogens is 240 g/mol. The van der Waals surface area contributed by atoms with E-state index in [0.717, 1.165) is 13.0 Å². The molecule has 1 aliphatic carbocycles. The Bertz CT molecular complexity index is 364. The number of hydrogen-bond acceptors (Lipinski definition) is 3. The van der Waals surface area contributed by atoms with E-state index in [-0.39, 0.29) is 5.54 Å². The molecule has 2 rings (SSSR count). The zero-order valence-electron chi connectivity index (χ0n) is 12.0. The summed E-state index contributed by atoms with van der Waals surface area (Å²) in [6.45, 7) is 7.91. The van der Waals surface area contributed by atoms with Crippen molar-refractivity contribution in [1.29, 1.82) is 0 Å². The number of aryl methyl sites for hydroxylation is 2. The van der Waals surface area contributed by atoms with E-state index >= 15 is 0 Å². The number of rotatable bonds is 7. The van der Waals surface area contributed by atoms with Crippen molar-refractivity contribution < 1.29 is 0 Å². The molecule has 0 bridgehead atoms. The summed E-state index contributed by atoms with van der Waals surface area (Å²) in [6, 6.07) is 0. The summed E-state index contributed by atoms with van der Waals surface area (Å²) in [6.07, 6.45) is 8.52. The first-order valence-electron chi connectivity index (χ1n) is 7.49. The van der Waals surface area contributed by atoms with Gasteiger partial charge in [-0.05, 0) is 45.1 Å². The van der Waals surface area contributed by atoms with Crippen LogP contribution in [-0.4, -0.2) is 11.5 Å². The molecule has 0 amide bonds. The number of thiazole rings is 1. The van der Waals surface area contributed by atoms with Crippen LogP contribution in [0.4, 0.5) is 0 Å². The molecule has 102 valence electrons. The predicted molar refractivity (Wildman–Crippen MR) is 79.3 cm³/mol. The van der Waals surface area contributed by atoms with Crippen molar-refractivity contribution in [1.82, 2.24) is 10.3 Å². The molecule has 1 aliphatic rings. The maximum Gasteiger partial charge on any atom is 0.113 e. The van der Waals surface area contributed by atoms with Gasteiger partial charge in [0.1, 0.15) is 5.01 Å². The lowest BCUT2D eigenvalue weighted by Gasteiger charge is -2.32. The smallest absolute Gasteiger partial charge is 0.113 e. The second kappa shape index (κ2) is 6.16. The van der Waals surface area contributed by atoms with E-state index in [1.54, 1.807) is 4.88 Å². The summed E-state index contributed by atoms with van der Waals surface area (Å²) in [4.78, 5) is 6.51. The molecule has 1 unspecified atom stereocenters. The summed E-state index contributed by atoms with van der Waals surface area (Å²) < 4.78 is 0. The third-order valence-corrected chi connectivity index (χ3v) is 5.36. The lowest BCUT2D eigenvalue weighted by molar-refractivity contribution is 0.293. The maximum absolute atomic E-state index is 4.96. The number of fused-ring (bicyclic) bond motifs is 1. The Hall–Kier alpha value is -0.410. The van der Waals surface area contributed by atoms with E-state index in [1.165, 1.54) is 49.2 Å². The van der Waals surface area contributed by atoms with Crippen LogP contribution in [0.15, 0.2) is 0 Å². The molecule has 18 heavy (non-hydrogen) atoms. The molecule has 0 radical (unpaired) electrons. The SMILES string of the molecule is CCCNC(CC)(CCC)c1nc2c(s1)CCC2. The van der Waals surface area contributed by atoms with Gasteiger partial charge < -0.3 is 5.32 Å². The van der Waals surface area contributed by atoms with Crippen LogP contribution in [0.1, 0.15) is 68.5 Å². The van der Waals surface area contributed by atoms with Crippen LogP contribution >= 0.6 is 11.3 Å². The number of aromatic nitrogens is 1. The van der Waals surface area contributed by atoms with Crippen LogP contribution in [0.2, 0.25) is 0 Å². The zero-order valence-corrected chi connectivity index (χ0v) is 12.8. The molecule has 1 heterocycles. The maximum atomic E-state index is 4.96. The first-order chi connectivity index (χ1) is 8.75. The third-order valence-electron chi connectivity index (χ3n) is 4.00. The van der Waals surface area contributed by atoms with Crippen molar-refractivity contribution in [2.75, 3.05) is 6.54 Å². The van der Waals surface area contributed by atoms with Crippen molar-refractivity contribution in [2.24, 2.45) is 0 Å². The fourth-order valence-corrected chi connectivity index (χ4v) is 4.33. The molecular formula is C15H26N2S. The van der Waals surface area contributed by atoms with Crippen LogP contribution in [0.25, 0.3) is 0 Å². The minimum absolute atomic E-state index is 0.139. The normalized spacial score (nSPS) is 17.7. The highest BCUT2D eigenvalue weighted by Gasteiger charge is 2.33. The average Bonchev–Trinajstić information content (AvgIpc) is 2.95. The van der Waals surface area contributed by atoms with Crippen LogP contribution < -0.4 is 5.32 Å². The van der Waals surface area contributed by atoms with E-state index in [0.29, 0.717) is 0 Å². The molecule has 0 fully saturated rings. The van der Waals surface area contributed by atoms with Gasteiger partial charge in [0.2, 0.25) is 0 Å². The molecule has 0 saturated carbocycles. The molecule has 1 N–H and O–H groups in total. The van der Waals surface area contributed by atoms with Gasteiger partial charge >= 0.3 is 0 Å². The number of nitrogens with one attached hydrogen (secondary N) is 1. The van der Waals surface area contributed by atoms with Crippen molar-refractivity contribution in [3.8, 4) is 0 Å². The second-order valence-corrected chi connectivity index (χ2v) is 6.44. The summed E-state index contributed by atoms with van der Waals surface area (Å²) >= 11 is 1.97. The highest BCUT2D eigenvalue weighted by molar-refractivity contribution is 7.12. The highest BCUT2D eigenvalue weighted by Crippen LogP contribution is 2.37. The summed E-state index contributed by atoms with van der Waals surface area (Å²) in [5.41, 5.74) is 1.53. The summed E-state index contributed by atoms with van der Waals surface area (Å²) in [5, 5.41) is 5.14. The van der Waals surface area contributed by atoms with Gasteiger partial charge in [-0.15, -0.1) is 11.3 Å². The van der Waals surface area contributed by atoms with E-state index < -0.39 is 0 Å². The van der Waals surface area contributed by atoms with Gasteiger partial charge in [0.05, 0.1) is 11.2 Å². The topological polar surface area (TPSA) is 24.9 Å². The predicted octanol–water partition coefficient (Wildman–Crippen LogP) is 4.04. The third kappa shape index (κ3) is 2.62. The first-order valence-corrected chi connectivity index (χ1v) is 8.31. The molecule has 1 aromatic heterocycles. The van der Waals surface area contributed by atoms with Gasteiger partial charge in [0.15, 0.2) is 0 Å². The Morgan fingerprint density at radius 3 is 2.67 bits per heavy atom. The van der Waals surface area contributed by atoms with Crippen LogP contribution in [0, 0.1) is 0 Å².